The molecule has 20 aromatic rings. The predicted molar refractivity (Wildman–Crippen MR) is 394 cm³/mol. The van der Waals surface area contributed by atoms with Crippen molar-refractivity contribution < 1.29 is 0 Å². The summed E-state index contributed by atoms with van der Waals surface area (Å²) in [4.78, 5) is 11.3. The number of hydrogen-bond acceptors (Lipinski definition) is 2. The van der Waals surface area contributed by atoms with Crippen LogP contribution in [0.25, 0.3) is 187 Å². The molecule has 0 radical (unpaired) electrons. The molecule has 0 N–H and O–H groups in total. The molecule has 436 valence electrons. The lowest BCUT2D eigenvalue weighted by Crippen LogP contribution is -2.04. The van der Waals surface area contributed by atoms with E-state index < -0.39 is 0 Å². The fourth-order valence-corrected chi connectivity index (χ4v) is 15.5. The molecule has 6 nitrogen and oxygen atoms in total. The molecule has 6 heteroatoms. The smallest absolute Gasteiger partial charge is 0.235 e. The van der Waals surface area contributed by atoms with Crippen molar-refractivity contribution >= 4 is 120 Å². The van der Waals surface area contributed by atoms with Crippen LogP contribution in [0.3, 0.4) is 0 Å². The second-order valence-corrected chi connectivity index (χ2v) is 24.8. The van der Waals surface area contributed by atoms with Gasteiger partial charge in [-0.2, -0.15) is 0 Å². The van der Waals surface area contributed by atoms with Gasteiger partial charge in [0.2, 0.25) is 5.95 Å². The fourth-order valence-electron chi connectivity index (χ4n) is 15.5. The van der Waals surface area contributed by atoms with Gasteiger partial charge in [-0.15, -0.1) is 0 Å². The van der Waals surface area contributed by atoms with Crippen LogP contribution in [0.5, 0.6) is 0 Å². The van der Waals surface area contributed by atoms with E-state index in [1.54, 1.807) is 0 Å². The predicted octanol–water partition coefficient (Wildman–Crippen LogP) is 23.0. The first-order valence-electron chi connectivity index (χ1n) is 32.2. The highest BCUT2D eigenvalue weighted by molar-refractivity contribution is 6.26. The Hall–Kier alpha value is -12.6. The lowest BCUT2D eigenvalue weighted by Gasteiger charge is -2.14. The van der Waals surface area contributed by atoms with Gasteiger partial charge in [-0.05, 0) is 176 Å². The van der Waals surface area contributed by atoms with Crippen LogP contribution in [0.4, 0.5) is 0 Å². The van der Waals surface area contributed by atoms with Crippen LogP contribution in [0.15, 0.2) is 328 Å². The van der Waals surface area contributed by atoms with Gasteiger partial charge in [0, 0.05) is 71.3 Å². The third kappa shape index (κ3) is 7.90. The Morgan fingerprint density at radius 2 is 0.426 bits per heavy atom. The van der Waals surface area contributed by atoms with Crippen molar-refractivity contribution in [2.75, 3.05) is 0 Å². The molecule has 20 rings (SSSR count). The number of hydrogen-bond donors (Lipinski definition) is 0. The first-order chi connectivity index (χ1) is 46.6. The summed E-state index contributed by atoms with van der Waals surface area (Å²) in [5, 5.41) is 17.0. The van der Waals surface area contributed by atoms with E-state index in [0.717, 1.165) is 83.5 Å². The molecule has 5 aromatic heterocycles. The third-order valence-electron chi connectivity index (χ3n) is 19.8. The number of fused-ring (bicyclic) bond motifs is 18. The highest BCUT2D eigenvalue weighted by Gasteiger charge is 2.22. The first-order valence-corrected chi connectivity index (χ1v) is 32.2. The zero-order valence-corrected chi connectivity index (χ0v) is 50.9. The standard InChI is InChI=1S/C88H54N6/c1-3-19-61(20-4-1)91-80-31-15-11-27-69(80)74-49-56(38-45-84(74)91)57-40-47-86-76(51-57)71-29-13-17-33-82(71)93(86)63-42-35-55(36-43-63)78-54-79(60-37-44-68-66-25-8-7-23-64(66)65-24-9-10-26-67(65)73(68)53-60)90-88(89-78)94-83-34-18-14-30-72(83)77-52-59(41-48-87(77)94)58-39-46-85-75(50-58)70-28-12-16-32-81(70)92(85)62-21-5-2-6-22-62/h1-54H. The quantitative estimate of drug-likeness (QED) is 0.142. The Morgan fingerprint density at radius 1 is 0.160 bits per heavy atom. The van der Waals surface area contributed by atoms with E-state index in [0.29, 0.717) is 5.95 Å². The minimum Gasteiger partial charge on any atom is -0.309 e. The molecule has 0 spiro atoms. The van der Waals surface area contributed by atoms with Gasteiger partial charge in [-0.25, -0.2) is 9.97 Å². The average molecular weight is 1200 g/mol. The Bertz CT molecular complexity index is 6490. The average Bonchev–Trinajstić information content (AvgIpc) is 1.56. The monoisotopic (exact) mass is 1190 g/mol. The van der Waals surface area contributed by atoms with Gasteiger partial charge in [0.15, 0.2) is 0 Å². The topological polar surface area (TPSA) is 45.5 Å². The van der Waals surface area contributed by atoms with Crippen molar-refractivity contribution in [3.63, 3.8) is 0 Å². The van der Waals surface area contributed by atoms with Gasteiger partial charge < -0.3 is 13.7 Å². The molecular weight excluding hydrogens is 1140 g/mol. The molecule has 0 aliphatic heterocycles. The Kier molecular flexibility index (Phi) is 11.3. The van der Waals surface area contributed by atoms with Gasteiger partial charge in [0.1, 0.15) is 0 Å². The molecule has 0 aliphatic rings. The van der Waals surface area contributed by atoms with Crippen molar-refractivity contribution in [2.24, 2.45) is 0 Å². The molecule has 5 heterocycles. The van der Waals surface area contributed by atoms with Crippen LogP contribution in [-0.2, 0) is 0 Å². The largest absolute Gasteiger partial charge is 0.309 e. The summed E-state index contributed by atoms with van der Waals surface area (Å²) in [6, 6.07) is 120. The number of rotatable bonds is 8. The minimum atomic E-state index is 0.605. The molecule has 0 aliphatic carbocycles. The van der Waals surface area contributed by atoms with E-state index in [4.69, 9.17) is 9.97 Å². The van der Waals surface area contributed by atoms with Crippen molar-refractivity contribution in [3.8, 4) is 67.8 Å². The second-order valence-electron chi connectivity index (χ2n) is 24.8. The summed E-state index contributed by atoms with van der Waals surface area (Å²) in [7, 11) is 0. The number of nitrogens with zero attached hydrogens (tertiary/aromatic N) is 6. The van der Waals surface area contributed by atoms with Gasteiger partial charge in [0.25, 0.3) is 0 Å². The van der Waals surface area contributed by atoms with Gasteiger partial charge in [-0.3, -0.25) is 4.57 Å². The van der Waals surface area contributed by atoms with Crippen molar-refractivity contribution in [2.45, 2.75) is 0 Å². The highest BCUT2D eigenvalue weighted by atomic mass is 15.2. The minimum absolute atomic E-state index is 0.605. The normalized spacial score (nSPS) is 12.0. The van der Waals surface area contributed by atoms with E-state index in [9.17, 15) is 0 Å². The van der Waals surface area contributed by atoms with Crippen molar-refractivity contribution in [1.29, 1.82) is 0 Å². The van der Waals surface area contributed by atoms with Crippen LogP contribution in [0, 0.1) is 0 Å². The van der Waals surface area contributed by atoms with Crippen LogP contribution < -0.4 is 0 Å². The van der Waals surface area contributed by atoms with Gasteiger partial charge in [-0.1, -0.05) is 206 Å². The van der Waals surface area contributed by atoms with E-state index in [-0.39, 0.29) is 0 Å². The molecule has 0 bridgehead atoms. The molecule has 0 unspecified atom stereocenters. The van der Waals surface area contributed by atoms with Gasteiger partial charge >= 0.3 is 0 Å². The highest BCUT2D eigenvalue weighted by Crippen LogP contribution is 2.43. The van der Waals surface area contributed by atoms with Crippen LogP contribution in [-0.4, -0.2) is 28.2 Å². The first kappa shape index (κ1) is 52.2. The maximum absolute atomic E-state index is 5.63. The lowest BCUT2D eigenvalue weighted by molar-refractivity contribution is 0.995. The molecule has 0 atom stereocenters. The molecule has 0 saturated heterocycles. The summed E-state index contributed by atoms with van der Waals surface area (Å²) < 4.78 is 9.42. The van der Waals surface area contributed by atoms with Crippen molar-refractivity contribution in [3.05, 3.63) is 328 Å². The molecular formula is C88H54N6. The summed E-state index contributed by atoms with van der Waals surface area (Å²) >= 11 is 0. The Balaban J connectivity index is 0.730. The summed E-state index contributed by atoms with van der Waals surface area (Å²) in [6.45, 7) is 0. The second kappa shape index (κ2) is 20.4. The third-order valence-corrected chi connectivity index (χ3v) is 19.8. The van der Waals surface area contributed by atoms with Crippen molar-refractivity contribution in [1.82, 2.24) is 28.2 Å². The number of para-hydroxylation sites is 6. The summed E-state index contributed by atoms with van der Waals surface area (Å²) in [6.07, 6.45) is 0. The maximum Gasteiger partial charge on any atom is 0.235 e. The van der Waals surface area contributed by atoms with E-state index in [1.165, 1.54) is 97.8 Å². The zero-order valence-electron chi connectivity index (χ0n) is 50.9. The Morgan fingerprint density at radius 3 is 0.830 bits per heavy atom. The molecule has 15 aromatic carbocycles. The van der Waals surface area contributed by atoms with Crippen LogP contribution in [0.1, 0.15) is 0 Å². The SMILES string of the molecule is c1ccc(-n2c3ccccc3c3cc(-c4ccc5c(c4)c4ccccc4n5-c4ccc(-c5cc(-c6ccc7c8ccccc8c8ccccc8c7c6)nc(-n6c7ccccc7c7cc(-c8ccc9c(c8)c8ccccc8n9-c8ccccc8)ccc76)n5)cc4)ccc32)cc1. The van der Waals surface area contributed by atoms with Gasteiger partial charge in [0.05, 0.1) is 55.5 Å². The van der Waals surface area contributed by atoms with Crippen LogP contribution in [0.2, 0.25) is 0 Å². The summed E-state index contributed by atoms with van der Waals surface area (Å²) in [5.74, 6) is 0.605. The zero-order chi connectivity index (χ0) is 61.5. The maximum atomic E-state index is 5.63. The number of aromatic nitrogens is 6. The fraction of sp³-hybridized carbons (Fsp3) is 0. The van der Waals surface area contributed by atoms with Crippen LogP contribution >= 0.6 is 0 Å². The molecule has 94 heavy (non-hydrogen) atoms. The van der Waals surface area contributed by atoms with E-state index in [1.807, 2.05) is 0 Å². The molecule has 0 fully saturated rings. The van der Waals surface area contributed by atoms with E-state index >= 15 is 0 Å². The van der Waals surface area contributed by atoms with E-state index in [2.05, 4.69) is 346 Å². The molecule has 0 amide bonds. The summed E-state index contributed by atoms with van der Waals surface area (Å²) in [5.41, 5.74) is 20.9. The number of benzene rings is 15. The lowest BCUT2D eigenvalue weighted by atomic mass is 9.93. The Labute approximate surface area is 540 Å². The molecule has 0 saturated carbocycles.